The Balaban J connectivity index is 0.0000000955. The summed E-state index contributed by atoms with van der Waals surface area (Å²) < 4.78 is 24.6. The summed E-state index contributed by atoms with van der Waals surface area (Å²) >= 11 is 6.84. The molecule has 0 fully saturated rings. The monoisotopic (exact) mass is 1770 g/mol. The fourth-order valence-corrected chi connectivity index (χ4v) is 18.5. The van der Waals surface area contributed by atoms with E-state index in [2.05, 4.69) is 210 Å². The number of anilines is 6. The topological polar surface area (TPSA) is 431 Å². The minimum absolute atomic E-state index is 0.162. The highest BCUT2D eigenvalue weighted by atomic mass is 79.9. The summed E-state index contributed by atoms with van der Waals surface area (Å²) in [6, 6.07) is 26.3. The van der Waals surface area contributed by atoms with Crippen LogP contribution < -0.4 is 34.4 Å². The SMILES string of the molecule is CC(=O)OC1CCn2c1nc1cc(N)cnc12.CC1(C)CCn2c1nc1cc(N)cnc12.CC1CCn2c1nc1cc(Br)cnc12.CC1CCn2c1nc1cc(N)cnc12.CN(C)C1CCn2c1nc1cc(Br)cnc12.Nc1cnc2c(c1)nc1n2CCC1.Nc1cnc2c(c1)nc1n2CCC1c1ccccc1.Nc1cnc2c(c1)nc1n2CCCC1. The molecule has 24 heterocycles. The second-order valence-electron chi connectivity index (χ2n) is 33.2. The van der Waals surface area contributed by atoms with Gasteiger partial charge in [0, 0.05) is 123 Å². The van der Waals surface area contributed by atoms with Crippen LogP contribution in [0.1, 0.15) is 174 Å². The lowest BCUT2D eigenvalue weighted by atomic mass is 9.91. The smallest absolute Gasteiger partial charge is 0.303 e. The minimum atomic E-state index is -0.289. The number of aryl methyl sites for hydroxylation is 10. The standard InChI is InChI=1S/C15H14N4.C11H13BrN4.C11H12N4O2.C11H14N4.C10H10BrN3.2C10H12N4.C9H10N4/c16-11-8-13-15(17-9-11)19-7-6-12(14(19)18-13)10-4-2-1-3-5-10;1-15(2)9-3-4-16-10-8(14-11(9)16)5-7(12)6-13-10;1-6(16)17-9-2-3-15-10-8(14-11(9)15)4-7(12)5-13-10;1-11(2)3-4-15-9-8(14-10(11)15)5-7(12)6-13-9;2*1-6-2-3-14-9(6)13-8-4-7(11)5-12-10(8)14;11-7-5-8-10(12-6-7)14-4-2-1-3-9(14)13-8;10-6-4-7-9(11-5-6)13-3-1-2-8(13)12-7/h1-5,8-9,12H,6-7,16H2;5-6,9H,3-4H2,1-2H3;4-5,9H,2-3,12H2,1H3;5-6H,3-4,12H2,1-2H3;4-6H,2-3H2,1H3;4-6H,2-3,11H2,1H3;5-6H,1-4,11H2;4-5H,1-3,10H2. The number of carbonyl (C=O) groups excluding carboxylic acids is 1. The molecule has 122 heavy (non-hydrogen) atoms. The average Bonchev–Trinajstić information content (AvgIpc) is 1.69. The summed E-state index contributed by atoms with van der Waals surface area (Å²) in [5.74, 6) is 9.99. The van der Waals surface area contributed by atoms with Crippen molar-refractivity contribution in [2.75, 3.05) is 48.5 Å². The van der Waals surface area contributed by atoms with Crippen molar-refractivity contribution in [2.45, 2.75) is 193 Å². The van der Waals surface area contributed by atoms with Crippen molar-refractivity contribution in [1.29, 1.82) is 0 Å². The van der Waals surface area contributed by atoms with E-state index in [0.717, 1.165) is 230 Å². The van der Waals surface area contributed by atoms with Gasteiger partial charge < -0.3 is 75.7 Å². The number of nitrogen functional groups attached to an aromatic ring is 6. The molecule has 8 aliphatic heterocycles. The van der Waals surface area contributed by atoms with Crippen molar-refractivity contribution < 1.29 is 9.53 Å². The number of pyridine rings is 8. The van der Waals surface area contributed by atoms with Gasteiger partial charge in [-0.1, -0.05) is 58.0 Å². The molecule has 5 unspecified atom stereocenters. The van der Waals surface area contributed by atoms with Crippen LogP contribution in [0, 0.1) is 0 Å². The summed E-state index contributed by atoms with van der Waals surface area (Å²) in [7, 11) is 4.20. The van der Waals surface area contributed by atoms with E-state index in [0.29, 0.717) is 57.9 Å². The van der Waals surface area contributed by atoms with Crippen molar-refractivity contribution in [2.24, 2.45) is 0 Å². The Hall–Kier alpha value is -12.6. The quantitative estimate of drug-likeness (QED) is 0.0895. The minimum Gasteiger partial charge on any atom is -0.454 e. The molecule has 17 aromatic rings. The second kappa shape index (κ2) is 33.1. The van der Waals surface area contributed by atoms with E-state index < -0.39 is 0 Å². The molecule has 16 aromatic heterocycles. The highest BCUT2D eigenvalue weighted by molar-refractivity contribution is 9.10. The number of benzene rings is 1. The number of nitrogens with zero attached hydrogens (tertiary/aromatic N) is 25. The molecule has 35 heteroatoms. The summed E-state index contributed by atoms with van der Waals surface area (Å²) in [5.41, 5.74) is 54.5. The zero-order valence-corrected chi connectivity index (χ0v) is 72.3. The Labute approximate surface area is 718 Å². The van der Waals surface area contributed by atoms with Gasteiger partial charge in [-0.25, -0.2) is 79.7 Å². The zero-order valence-electron chi connectivity index (χ0n) is 69.2. The predicted molar refractivity (Wildman–Crippen MR) is 480 cm³/mol. The highest BCUT2D eigenvalue weighted by Gasteiger charge is 2.36. The molecule has 33 nitrogen and oxygen atoms in total. The molecule has 12 N–H and O–H groups in total. The molecule has 1 aromatic carbocycles. The van der Waals surface area contributed by atoms with Gasteiger partial charge in [-0.2, -0.15) is 0 Å². The third kappa shape index (κ3) is 15.8. The van der Waals surface area contributed by atoms with Crippen LogP contribution in [0.2, 0.25) is 0 Å². The van der Waals surface area contributed by atoms with Gasteiger partial charge in [0.2, 0.25) is 0 Å². The number of esters is 1. The van der Waals surface area contributed by atoms with Gasteiger partial charge in [-0.05, 0) is 151 Å². The van der Waals surface area contributed by atoms with Gasteiger partial charge in [0.05, 0.1) is 77.3 Å². The molecule has 626 valence electrons. The molecule has 0 saturated heterocycles. The van der Waals surface area contributed by atoms with Crippen LogP contribution in [0.25, 0.3) is 89.3 Å². The van der Waals surface area contributed by atoms with Crippen molar-refractivity contribution in [3.63, 3.8) is 0 Å². The number of fused-ring (bicyclic) bond motifs is 24. The fraction of sp³-hybridized carbons (Fsp3) is 0.368. The number of rotatable bonds is 3. The van der Waals surface area contributed by atoms with Crippen LogP contribution in [-0.4, -0.2) is 141 Å². The number of imidazole rings is 8. The third-order valence-electron chi connectivity index (χ3n) is 23.8. The Morgan fingerprint density at radius 2 is 0.770 bits per heavy atom. The Kier molecular flexibility index (Phi) is 21.8. The van der Waals surface area contributed by atoms with E-state index in [9.17, 15) is 4.79 Å². The fourth-order valence-electron chi connectivity index (χ4n) is 17.8. The number of hydrogen-bond donors (Lipinski definition) is 6. The largest absolute Gasteiger partial charge is 0.454 e. The Morgan fingerprint density at radius 3 is 1.26 bits per heavy atom. The average molecular weight is 1770 g/mol. The molecule has 25 rings (SSSR count). The highest BCUT2D eigenvalue weighted by Crippen LogP contribution is 2.40. The maximum Gasteiger partial charge on any atom is 0.303 e. The van der Waals surface area contributed by atoms with Crippen LogP contribution in [0.5, 0.6) is 0 Å². The van der Waals surface area contributed by atoms with Crippen LogP contribution in [-0.2, 0) is 80.1 Å². The van der Waals surface area contributed by atoms with Gasteiger partial charge in [0.15, 0.2) is 57.1 Å². The molecule has 0 saturated carbocycles. The third-order valence-corrected chi connectivity index (χ3v) is 24.7. The maximum atomic E-state index is 11.0. The first kappa shape index (κ1) is 80.4. The van der Waals surface area contributed by atoms with E-state index in [4.69, 9.17) is 44.1 Å². The number of ether oxygens (including phenoxy) is 1. The first-order valence-corrected chi connectivity index (χ1v) is 43.1. The molecule has 0 radical (unpaired) electrons. The molecule has 0 bridgehead atoms. The lowest BCUT2D eigenvalue weighted by Crippen LogP contribution is -2.18. The van der Waals surface area contributed by atoms with Crippen LogP contribution in [0.4, 0.5) is 34.1 Å². The number of carbonyl (C=O) groups is 1. The van der Waals surface area contributed by atoms with E-state index in [1.54, 1.807) is 43.2 Å². The number of hydrogen-bond acceptors (Lipinski definition) is 25. The summed E-state index contributed by atoms with van der Waals surface area (Å²) in [5, 5.41) is 0. The van der Waals surface area contributed by atoms with Gasteiger partial charge in [-0.15, -0.1) is 0 Å². The van der Waals surface area contributed by atoms with Crippen molar-refractivity contribution >= 4 is 161 Å². The Morgan fingerprint density at radius 1 is 0.402 bits per heavy atom. The normalized spacial score (nSPS) is 18.2. The van der Waals surface area contributed by atoms with Crippen LogP contribution in [0.15, 0.2) is 137 Å². The number of nitrogens with two attached hydrogens (primary N) is 6. The Bertz CT molecular complexity index is 6670. The molecule has 0 spiro atoms. The van der Waals surface area contributed by atoms with Crippen molar-refractivity contribution in [3.8, 4) is 0 Å². The molecular weight excluding hydrogens is 1670 g/mol. The summed E-state index contributed by atoms with van der Waals surface area (Å²) in [6.07, 6.45) is 25.7. The second-order valence-corrected chi connectivity index (χ2v) is 35.0. The van der Waals surface area contributed by atoms with Gasteiger partial charge in [-0.3, -0.25) is 9.69 Å². The summed E-state index contributed by atoms with van der Waals surface area (Å²) in [4.78, 5) is 84.7. The number of aromatic nitrogens is 24. The van der Waals surface area contributed by atoms with Crippen LogP contribution in [0.3, 0.4) is 0 Å². The lowest BCUT2D eigenvalue weighted by Gasteiger charge is -2.16. The van der Waals surface area contributed by atoms with E-state index in [1.165, 1.54) is 50.4 Å². The molecule has 0 aliphatic carbocycles. The van der Waals surface area contributed by atoms with E-state index in [1.807, 2.05) is 65.5 Å². The predicted octanol–water partition coefficient (Wildman–Crippen LogP) is 14.0. The molecule has 0 amide bonds. The van der Waals surface area contributed by atoms with Gasteiger partial charge >= 0.3 is 5.97 Å². The van der Waals surface area contributed by atoms with Crippen molar-refractivity contribution in [1.82, 2.24) is 121 Å². The number of halogens is 2. The van der Waals surface area contributed by atoms with E-state index in [-0.39, 0.29) is 17.5 Å². The van der Waals surface area contributed by atoms with Gasteiger partial charge in [0.25, 0.3) is 0 Å². The zero-order chi connectivity index (χ0) is 84.5. The van der Waals surface area contributed by atoms with E-state index >= 15 is 0 Å². The van der Waals surface area contributed by atoms with Gasteiger partial charge in [0.1, 0.15) is 84.9 Å². The molecule has 5 atom stereocenters. The van der Waals surface area contributed by atoms with Crippen LogP contribution >= 0.6 is 31.9 Å². The molecular formula is C87H97Br2N31O2. The lowest BCUT2D eigenvalue weighted by molar-refractivity contribution is -0.146. The maximum absolute atomic E-state index is 11.0. The molecule has 8 aliphatic rings. The first-order chi connectivity index (χ1) is 58.9. The van der Waals surface area contributed by atoms with Crippen molar-refractivity contribution in [3.05, 3.63) is 190 Å². The summed E-state index contributed by atoms with van der Waals surface area (Å²) in [6.45, 7) is 18.2. The first-order valence-electron chi connectivity index (χ1n) is 41.5.